The molecule has 1 unspecified atom stereocenters. The first-order chi connectivity index (χ1) is 6.08. The summed E-state index contributed by atoms with van der Waals surface area (Å²) in [5.74, 6) is 0.193. The Bertz CT molecular complexity index is 194. The number of rotatable bonds is 3. The molecule has 0 spiro atoms. The molecular formula is C9H16N2O2. The van der Waals surface area contributed by atoms with Gasteiger partial charge in [-0.1, -0.05) is 0 Å². The van der Waals surface area contributed by atoms with Gasteiger partial charge >= 0.3 is 0 Å². The normalized spacial score (nSPS) is 23.1. The molecule has 0 aliphatic carbocycles. The van der Waals surface area contributed by atoms with Crippen molar-refractivity contribution in [2.24, 2.45) is 0 Å². The van der Waals surface area contributed by atoms with Gasteiger partial charge in [0, 0.05) is 26.1 Å². The average Bonchev–Trinajstić information content (AvgIpc) is 2.33. The molecule has 1 amide bonds. The van der Waals surface area contributed by atoms with Crippen molar-refractivity contribution in [1.29, 1.82) is 0 Å². The lowest BCUT2D eigenvalue weighted by molar-refractivity contribution is -0.119. The van der Waals surface area contributed by atoms with E-state index in [1.807, 2.05) is 0 Å². The summed E-state index contributed by atoms with van der Waals surface area (Å²) < 4.78 is 0. The highest BCUT2D eigenvalue weighted by Crippen LogP contribution is 2.08. The van der Waals surface area contributed by atoms with E-state index in [-0.39, 0.29) is 17.7 Å². The number of amides is 1. The molecule has 0 aromatic heterocycles. The minimum atomic E-state index is 0.00896. The van der Waals surface area contributed by atoms with Crippen LogP contribution in [0.15, 0.2) is 0 Å². The quantitative estimate of drug-likeness (QED) is 0.660. The zero-order valence-corrected chi connectivity index (χ0v) is 8.17. The van der Waals surface area contributed by atoms with Gasteiger partial charge in [-0.15, -0.1) is 0 Å². The van der Waals surface area contributed by atoms with Gasteiger partial charge in [-0.3, -0.25) is 14.5 Å². The van der Waals surface area contributed by atoms with Crippen molar-refractivity contribution in [3.8, 4) is 0 Å². The van der Waals surface area contributed by atoms with Gasteiger partial charge in [0.1, 0.15) is 5.78 Å². The lowest BCUT2D eigenvalue weighted by Crippen LogP contribution is -2.36. The predicted octanol–water partition coefficient (Wildman–Crippen LogP) is -0.214. The summed E-state index contributed by atoms with van der Waals surface area (Å²) >= 11 is 0. The van der Waals surface area contributed by atoms with Gasteiger partial charge in [0.15, 0.2) is 0 Å². The van der Waals surface area contributed by atoms with E-state index in [4.69, 9.17) is 0 Å². The lowest BCUT2D eigenvalue weighted by Gasteiger charge is -2.13. The summed E-state index contributed by atoms with van der Waals surface area (Å²) in [6, 6.07) is 0.233. The number of carbonyl (C=O) groups is 2. The molecule has 74 valence electrons. The van der Waals surface area contributed by atoms with E-state index in [9.17, 15) is 9.59 Å². The highest BCUT2D eigenvalue weighted by molar-refractivity contribution is 5.77. The first-order valence-corrected chi connectivity index (χ1v) is 4.57. The second-order valence-electron chi connectivity index (χ2n) is 3.62. The molecule has 1 fully saturated rings. The van der Waals surface area contributed by atoms with E-state index in [0.29, 0.717) is 6.54 Å². The number of likely N-dealkylation sites (tertiary alicyclic amines) is 1. The Kier molecular flexibility index (Phi) is 3.42. The molecule has 4 nitrogen and oxygen atoms in total. The van der Waals surface area contributed by atoms with Crippen molar-refractivity contribution in [3.05, 3.63) is 0 Å². The molecule has 13 heavy (non-hydrogen) atoms. The first-order valence-electron chi connectivity index (χ1n) is 4.57. The van der Waals surface area contributed by atoms with E-state index < -0.39 is 0 Å². The second kappa shape index (κ2) is 4.37. The molecule has 1 heterocycles. The van der Waals surface area contributed by atoms with Crippen LogP contribution < -0.4 is 5.32 Å². The van der Waals surface area contributed by atoms with Crippen molar-refractivity contribution in [3.63, 3.8) is 0 Å². The maximum atomic E-state index is 10.8. The minimum Gasteiger partial charge on any atom is -0.352 e. The van der Waals surface area contributed by atoms with Crippen molar-refractivity contribution >= 4 is 11.7 Å². The Hall–Kier alpha value is -0.900. The van der Waals surface area contributed by atoms with Crippen LogP contribution >= 0.6 is 0 Å². The van der Waals surface area contributed by atoms with E-state index in [2.05, 4.69) is 10.2 Å². The lowest BCUT2D eigenvalue weighted by atomic mass is 10.2. The standard InChI is InChI=1S/C9H16N2O2/c1-7(12)5-11-4-3-9(6-11)10-8(2)13/h9H,3-6H2,1-2H3,(H,10,13). The Morgan fingerprint density at radius 3 is 2.69 bits per heavy atom. The van der Waals surface area contributed by atoms with Crippen LogP contribution in [0.25, 0.3) is 0 Å². The molecule has 4 heteroatoms. The van der Waals surface area contributed by atoms with E-state index in [1.165, 1.54) is 6.92 Å². The molecule has 1 atom stereocenters. The van der Waals surface area contributed by atoms with Crippen molar-refractivity contribution < 1.29 is 9.59 Å². The number of ketones is 1. The average molecular weight is 184 g/mol. The number of hydrogen-bond acceptors (Lipinski definition) is 3. The zero-order valence-electron chi connectivity index (χ0n) is 8.17. The fraction of sp³-hybridized carbons (Fsp3) is 0.778. The monoisotopic (exact) mass is 184 g/mol. The van der Waals surface area contributed by atoms with Gasteiger partial charge in [-0.25, -0.2) is 0 Å². The van der Waals surface area contributed by atoms with Crippen LogP contribution in [0.2, 0.25) is 0 Å². The van der Waals surface area contributed by atoms with Crippen LogP contribution in [0.1, 0.15) is 20.3 Å². The number of nitrogens with zero attached hydrogens (tertiary/aromatic N) is 1. The fourth-order valence-corrected chi connectivity index (χ4v) is 1.70. The fourth-order valence-electron chi connectivity index (χ4n) is 1.70. The third-order valence-corrected chi connectivity index (χ3v) is 2.13. The summed E-state index contributed by atoms with van der Waals surface area (Å²) in [7, 11) is 0. The molecule has 0 aromatic rings. The molecule has 1 saturated heterocycles. The summed E-state index contributed by atoms with van der Waals surface area (Å²) in [6.45, 7) is 5.33. The van der Waals surface area contributed by atoms with E-state index in [1.54, 1.807) is 6.92 Å². The number of carbonyl (C=O) groups excluding carboxylic acids is 2. The van der Waals surface area contributed by atoms with Crippen LogP contribution in [0.4, 0.5) is 0 Å². The SMILES string of the molecule is CC(=O)CN1CCC(NC(C)=O)C1. The largest absolute Gasteiger partial charge is 0.352 e. The molecule has 1 N–H and O–H groups in total. The summed E-state index contributed by atoms with van der Waals surface area (Å²) in [4.78, 5) is 23.6. The Morgan fingerprint density at radius 2 is 2.15 bits per heavy atom. The van der Waals surface area contributed by atoms with Crippen molar-refractivity contribution in [1.82, 2.24) is 10.2 Å². The van der Waals surface area contributed by atoms with Gasteiger partial charge in [-0.2, -0.15) is 0 Å². The predicted molar refractivity (Wildman–Crippen MR) is 49.3 cm³/mol. The highest BCUT2D eigenvalue weighted by atomic mass is 16.1. The Balaban J connectivity index is 2.27. The third kappa shape index (κ3) is 3.55. The molecule has 0 radical (unpaired) electrons. The van der Waals surface area contributed by atoms with E-state index in [0.717, 1.165) is 19.5 Å². The first kappa shape index (κ1) is 10.2. The van der Waals surface area contributed by atoms with Crippen LogP contribution in [-0.2, 0) is 9.59 Å². The van der Waals surface area contributed by atoms with Crippen LogP contribution in [-0.4, -0.2) is 42.3 Å². The number of nitrogens with one attached hydrogen (secondary N) is 1. The maximum absolute atomic E-state index is 10.8. The molecule has 0 aromatic carbocycles. The zero-order chi connectivity index (χ0) is 9.84. The molecule has 1 aliphatic rings. The van der Waals surface area contributed by atoms with Crippen LogP contribution in [0, 0.1) is 0 Å². The summed E-state index contributed by atoms with van der Waals surface area (Å²) in [5.41, 5.74) is 0. The topological polar surface area (TPSA) is 49.4 Å². The van der Waals surface area contributed by atoms with E-state index >= 15 is 0 Å². The van der Waals surface area contributed by atoms with Crippen molar-refractivity contribution in [2.75, 3.05) is 19.6 Å². The minimum absolute atomic E-state index is 0.00896. The summed E-state index contributed by atoms with van der Waals surface area (Å²) in [5, 5.41) is 2.85. The second-order valence-corrected chi connectivity index (χ2v) is 3.62. The van der Waals surface area contributed by atoms with Crippen LogP contribution in [0.3, 0.4) is 0 Å². The highest BCUT2D eigenvalue weighted by Gasteiger charge is 2.23. The van der Waals surface area contributed by atoms with Gasteiger partial charge < -0.3 is 5.32 Å². The molecular weight excluding hydrogens is 168 g/mol. The molecule has 1 rings (SSSR count). The molecule has 0 bridgehead atoms. The molecule has 1 aliphatic heterocycles. The van der Waals surface area contributed by atoms with Crippen LogP contribution in [0.5, 0.6) is 0 Å². The Morgan fingerprint density at radius 1 is 1.46 bits per heavy atom. The van der Waals surface area contributed by atoms with Gasteiger partial charge in [0.2, 0.25) is 5.91 Å². The van der Waals surface area contributed by atoms with Gasteiger partial charge in [0.25, 0.3) is 0 Å². The summed E-state index contributed by atoms with van der Waals surface area (Å²) in [6.07, 6.45) is 0.951. The number of Topliss-reactive ketones (excluding diaryl/α,β-unsaturated/α-hetero) is 1. The smallest absolute Gasteiger partial charge is 0.217 e. The number of hydrogen-bond donors (Lipinski definition) is 1. The van der Waals surface area contributed by atoms with Gasteiger partial charge in [0.05, 0.1) is 6.54 Å². The van der Waals surface area contributed by atoms with Gasteiger partial charge in [-0.05, 0) is 13.3 Å². The maximum Gasteiger partial charge on any atom is 0.217 e. The van der Waals surface area contributed by atoms with Crippen molar-refractivity contribution in [2.45, 2.75) is 26.3 Å². The molecule has 0 saturated carbocycles. The third-order valence-electron chi connectivity index (χ3n) is 2.13. The Labute approximate surface area is 78.3 Å².